The summed E-state index contributed by atoms with van der Waals surface area (Å²) in [5.41, 5.74) is 1.45. The van der Waals surface area contributed by atoms with E-state index in [1.54, 1.807) is 23.8 Å². The number of imidazole rings is 1. The Bertz CT molecular complexity index is 649. The van der Waals surface area contributed by atoms with Crippen LogP contribution in [0.25, 0.3) is 16.4 Å². The van der Waals surface area contributed by atoms with Gasteiger partial charge in [0.25, 0.3) is 0 Å². The summed E-state index contributed by atoms with van der Waals surface area (Å²) in [4.78, 5) is 17.0. The minimum Gasteiger partial charge on any atom is -0.463 e. The molecule has 0 atom stereocenters. The SMILES string of the molecule is Cc1sc2ncc(C=O)n2c1-c1ccco1. The van der Waals surface area contributed by atoms with Crippen molar-refractivity contribution in [1.29, 1.82) is 0 Å². The number of fused-ring (bicyclic) bond motifs is 1. The van der Waals surface area contributed by atoms with Gasteiger partial charge >= 0.3 is 0 Å². The molecule has 0 amide bonds. The average Bonchev–Trinajstić information content (AvgIpc) is 2.92. The van der Waals surface area contributed by atoms with Gasteiger partial charge in [-0.3, -0.25) is 9.20 Å². The zero-order valence-electron chi connectivity index (χ0n) is 8.51. The molecule has 0 N–H and O–H groups in total. The van der Waals surface area contributed by atoms with E-state index in [9.17, 15) is 4.79 Å². The molecular formula is C11H8N2O2S. The van der Waals surface area contributed by atoms with Gasteiger partial charge < -0.3 is 4.42 Å². The standard InChI is InChI=1S/C11H8N2O2S/c1-7-10(9-3-2-4-15-9)13-8(6-14)5-12-11(13)16-7/h2-6H,1H3. The molecule has 5 heteroatoms. The van der Waals surface area contributed by atoms with Crippen LogP contribution in [0, 0.1) is 6.92 Å². The topological polar surface area (TPSA) is 47.5 Å². The first-order valence-corrected chi connectivity index (χ1v) is 5.59. The molecule has 0 bridgehead atoms. The molecule has 0 fully saturated rings. The van der Waals surface area contributed by atoms with E-state index in [2.05, 4.69) is 4.98 Å². The lowest BCUT2D eigenvalue weighted by Gasteiger charge is -1.98. The fraction of sp³-hybridized carbons (Fsp3) is 0.0909. The third-order valence-electron chi connectivity index (χ3n) is 2.43. The van der Waals surface area contributed by atoms with Crippen LogP contribution in [0.15, 0.2) is 29.0 Å². The van der Waals surface area contributed by atoms with Crippen LogP contribution in [-0.4, -0.2) is 15.7 Å². The predicted octanol–water partition coefficient (Wildman–Crippen LogP) is 2.78. The lowest BCUT2D eigenvalue weighted by atomic mass is 10.3. The predicted molar refractivity (Wildman–Crippen MR) is 60.9 cm³/mol. The van der Waals surface area contributed by atoms with Gasteiger partial charge in [-0.15, -0.1) is 11.3 Å². The molecule has 0 aliphatic heterocycles. The van der Waals surface area contributed by atoms with Gasteiger partial charge in [-0.2, -0.15) is 0 Å². The molecule has 80 valence electrons. The lowest BCUT2D eigenvalue weighted by molar-refractivity contribution is 0.111. The molecule has 3 heterocycles. The summed E-state index contributed by atoms with van der Waals surface area (Å²) in [6, 6.07) is 3.71. The number of aryl methyl sites for hydroxylation is 1. The van der Waals surface area contributed by atoms with Gasteiger partial charge in [0.1, 0.15) is 11.4 Å². The Kier molecular flexibility index (Phi) is 1.94. The van der Waals surface area contributed by atoms with Crippen LogP contribution >= 0.6 is 11.3 Å². The fourth-order valence-corrected chi connectivity index (χ4v) is 2.72. The molecule has 0 radical (unpaired) electrons. The second-order valence-corrected chi connectivity index (χ2v) is 4.58. The van der Waals surface area contributed by atoms with Crippen LogP contribution in [0.5, 0.6) is 0 Å². The van der Waals surface area contributed by atoms with Gasteiger partial charge in [-0.25, -0.2) is 4.98 Å². The number of furan rings is 1. The smallest absolute Gasteiger partial charge is 0.195 e. The lowest BCUT2D eigenvalue weighted by Crippen LogP contribution is -1.91. The summed E-state index contributed by atoms with van der Waals surface area (Å²) in [5.74, 6) is 0.754. The van der Waals surface area contributed by atoms with Crippen molar-refractivity contribution >= 4 is 22.6 Å². The number of nitrogens with zero attached hydrogens (tertiary/aromatic N) is 2. The van der Waals surface area contributed by atoms with Gasteiger partial charge in [0.2, 0.25) is 0 Å². The number of aromatic nitrogens is 2. The molecule has 3 aromatic heterocycles. The second kappa shape index (κ2) is 3.31. The number of hydrogen-bond donors (Lipinski definition) is 0. The van der Waals surface area contributed by atoms with Crippen LogP contribution in [0.4, 0.5) is 0 Å². The molecule has 0 unspecified atom stereocenters. The Morgan fingerprint density at radius 2 is 2.44 bits per heavy atom. The molecule has 3 rings (SSSR count). The van der Waals surface area contributed by atoms with E-state index in [0.717, 1.165) is 27.6 Å². The third kappa shape index (κ3) is 1.15. The maximum absolute atomic E-state index is 10.9. The first kappa shape index (κ1) is 9.35. The molecule has 0 saturated heterocycles. The molecule has 16 heavy (non-hydrogen) atoms. The molecule has 0 aliphatic rings. The average molecular weight is 232 g/mol. The van der Waals surface area contributed by atoms with Crippen LogP contribution in [0.3, 0.4) is 0 Å². The van der Waals surface area contributed by atoms with E-state index in [1.165, 1.54) is 0 Å². The Hall–Kier alpha value is -1.88. The summed E-state index contributed by atoms with van der Waals surface area (Å²) in [5, 5.41) is 0. The van der Waals surface area contributed by atoms with Crippen LogP contribution in [0.2, 0.25) is 0 Å². The Labute approximate surface area is 95.2 Å². The van der Waals surface area contributed by atoms with E-state index in [0.29, 0.717) is 5.69 Å². The monoisotopic (exact) mass is 232 g/mol. The highest BCUT2D eigenvalue weighted by Crippen LogP contribution is 2.31. The van der Waals surface area contributed by atoms with Crippen LogP contribution < -0.4 is 0 Å². The highest BCUT2D eigenvalue weighted by molar-refractivity contribution is 7.17. The quantitative estimate of drug-likeness (QED) is 0.638. The number of carbonyl (C=O) groups is 1. The molecule has 0 aliphatic carbocycles. The third-order valence-corrected chi connectivity index (χ3v) is 3.40. The highest BCUT2D eigenvalue weighted by Gasteiger charge is 2.16. The summed E-state index contributed by atoms with van der Waals surface area (Å²) in [6.07, 6.45) is 4.00. The van der Waals surface area contributed by atoms with Gasteiger partial charge in [0.15, 0.2) is 17.0 Å². The highest BCUT2D eigenvalue weighted by atomic mass is 32.1. The van der Waals surface area contributed by atoms with Crippen molar-refractivity contribution in [1.82, 2.24) is 9.38 Å². The first-order chi connectivity index (χ1) is 7.81. The first-order valence-electron chi connectivity index (χ1n) is 4.77. The zero-order valence-corrected chi connectivity index (χ0v) is 9.32. The van der Waals surface area contributed by atoms with E-state index < -0.39 is 0 Å². The zero-order chi connectivity index (χ0) is 11.1. The Balaban J connectivity index is 2.41. The van der Waals surface area contributed by atoms with Crippen LogP contribution in [0.1, 0.15) is 15.4 Å². The fourth-order valence-electron chi connectivity index (χ4n) is 1.77. The van der Waals surface area contributed by atoms with Gasteiger partial charge in [0, 0.05) is 4.88 Å². The van der Waals surface area contributed by atoms with Crippen molar-refractivity contribution in [3.63, 3.8) is 0 Å². The van der Waals surface area contributed by atoms with Gasteiger partial charge in [-0.1, -0.05) is 0 Å². The molecular weight excluding hydrogens is 224 g/mol. The van der Waals surface area contributed by atoms with Gasteiger partial charge in [-0.05, 0) is 19.1 Å². The van der Waals surface area contributed by atoms with E-state index in [-0.39, 0.29) is 0 Å². The van der Waals surface area contributed by atoms with Crippen molar-refractivity contribution in [2.75, 3.05) is 0 Å². The van der Waals surface area contributed by atoms with E-state index in [4.69, 9.17) is 4.42 Å². The second-order valence-electron chi connectivity index (χ2n) is 3.40. The minimum atomic E-state index is 0.547. The molecule has 3 aromatic rings. The minimum absolute atomic E-state index is 0.547. The molecule has 4 nitrogen and oxygen atoms in total. The van der Waals surface area contributed by atoms with Crippen molar-refractivity contribution in [3.8, 4) is 11.5 Å². The van der Waals surface area contributed by atoms with Crippen molar-refractivity contribution < 1.29 is 9.21 Å². The molecule has 0 spiro atoms. The van der Waals surface area contributed by atoms with Crippen molar-refractivity contribution in [2.24, 2.45) is 0 Å². The van der Waals surface area contributed by atoms with E-state index >= 15 is 0 Å². The number of hydrogen-bond acceptors (Lipinski definition) is 4. The number of thiazole rings is 1. The Morgan fingerprint density at radius 1 is 1.56 bits per heavy atom. The summed E-state index contributed by atoms with van der Waals surface area (Å²) < 4.78 is 7.20. The largest absolute Gasteiger partial charge is 0.463 e. The number of carbonyl (C=O) groups excluding carboxylic acids is 1. The van der Waals surface area contributed by atoms with Gasteiger partial charge in [0.05, 0.1) is 12.5 Å². The molecule has 0 saturated carbocycles. The maximum atomic E-state index is 10.9. The maximum Gasteiger partial charge on any atom is 0.195 e. The van der Waals surface area contributed by atoms with E-state index in [1.807, 2.05) is 23.5 Å². The normalized spacial score (nSPS) is 11.1. The number of rotatable bonds is 2. The summed E-state index contributed by atoms with van der Waals surface area (Å²) >= 11 is 1.55. The summed E-state index contributed by atoms with van der Waals surface area (Å²) in [6.45, 7) is 1.99. The van der Waals surface area contributed by atoms with Crippen LogP contribution in [-0.2, 0) is 0 Å². The summed E-state index contributed by atoms with van der Waals surface area (Å²) in [7, 11) is 0. The van der Waals surface area contributed by atoms with Crippen molar-refractivity contribution in [2.45, 2.75) is 6.92 Å². The van der Waals surface area contributed by atoms with Crippen molar-refractivity contribution in [3.05, 3.63) is 35.2 Å². The molecule has 0 aromatic carbocycles. The number of aldehydes is 1. The Morgan fingerprint density at radius 3 is 3.12 bits per heavy atom.